The predicted octanol–water partition coefficient (Wildman–Crippen LogP) is 3.62. The number of nitrogens with one attached hydrogen (secondary N) is 2. The minimum Gasteiger partial charge on any atom is -0.385 e. The molecule has 2 N–H and O–H groups in total. The van der Waals surface area contributed by atoms with E-state index >= 15 is 0 Å². The first kappa shape index (κ1) is 18.0. The van der Waals surface area contributed by atoms with Crippen LogP contribution in [0.15, 0.2) is 54.6 Å². The predicted molar refractivity (Wildman–Crippen MR) is 101 cm³/mol. The van der Waals surface area contributed by atoms with Crippen molar-refractivity contribution in [3.05, 3.63) is 60.2 Å². The Morgan fingerprint density at radius 2 is 1.62 bits per heavy atom. The number of nitrogens with zero attached hydrogens (tertiary/aromatic N) is 1. The molecule has 128 valence electrons. The minimum absolute atomic E-state index is 0.0468. The highest BCUT2D eigenvalue weighted by Crippen LogP contribution is 2.14. The van der Waals surface area contributed by atoms with Crippen LogP contribution in [0.2, 0.25) is 0 Å². The molecule has 2 rings (SSSR count). The first-order valence-electron chi connectivity index (χ1n) is 8.46. The van der Waals surface area contributed by atoms with E-state index in [9.17, 15) is 4.79 Å². The fourth-order valence-corrected chi connectivity index (χ4v) is 2.43. The number of aryl methyl sites for hydroxylation is 1. The van der Waals surface area contributed by atoms with Crippen LogP contribution in [0.5, 0.6) is 0 Å². The van der Waals surface area contributed by atoms with Gasteiger partial charge in [0, 0.05) is 24.3 Å². The lowest BCUT2D eigenvalue weighted by Crippen LogP contribution is -2.16. The number of carbonyl (C=O) groups excluding carboxylic acids is 1. The van der Waals surface area contributed by atoms with Crippen molar-refractivity contribution in [2.45, 2.75) is 19.3 Å². The second-order valence-electron chi connectivity index (χ2n) is 6.19. The maximum Gasteiger partial charge on any atom is 0.224 e. The molecule has 0 unspecified atom stereocenters. The van der Waals surface area contributed by atoms with E-state index in [4.69, 9.17) is 0 Å². The summed E-state index contributed by atoms with van der Waals surface area (Å²) >= 11 is 0. The van der Waals surface area contributed by atoms with Crippen LogP contribution in [-0.4, -0.2) is 38.0 Å². The molecule has 0 fully saturated rings. The van der Waals surface area contributed by atoms with Crippen molar-refractivity contribution >= 4 is 17.3 Å². The molecule has 2 aromatic rings. The molecule has 1 amide bonds. The Morgan fingerprint density at radius 1 is 0.958 bits per heavy atom. The Morgan fingerprint density at radius 3 is 2.29 bits per heavy atom. The zero-order valence-corrected chi connectivity index (χ0v) is 14.6. The van der Waals surface area contributed by atoms with Crippen LogP contribution in [0.3, 0.4) is 0 Å². The lowest BCUT2D eigenvalue weighted by molar-refractivity contribution is -0.116. The number of amides is 1. The fraction of sp³-hybridized carbons (Fsp3) is 0.350. The summed E-state index contributed by atoms with van der Waals surface area (Å²) in [5.41, 5.74) is 3.10. The van der Waals surface area contributed by atoms with Crippen LogP contribution in [0.4, 0.5) is 11.4 Å². The fourth-order valence-electron chi connectivity index (χ4n) is 2.43. The van der Waals surface area contributed by atoms with Gasteiger partial charge in [0.05, 0.1) is 0 Å². The first-order chi connectivity index (χ1) is 11.6. The van der Waals surface area contributed by atoms with Gasteiger partial charge in [0.25, 0.3) is 0 Å². The SMILES string of the molecule is CN(C)CCCNc1ccc(NC(=O)CCc2ccccc2)cc1. The molecule has 0 saturated carbocycles. The van der Waals surface area contributed by atoms with Gasteiger partial charge in [-0.05, 0) is 63.3 Å². The highest BCUT2D eigenvalue weighted by molar-refractivity contribution is 5.91. The van der Waals surface area contributed by atoms with E-state index in [2.05, 4.69) is 29.6 Å². The third-order valence-corrected chi connectivity index (χ3v) is 3.76. The molecular formula is C20H27N3O. The second-order valence-corrected chi connectivity index (χ2v) is 6.19. The lowest BCUT2D eigenvalue weighted by atomic mass is 10.1. The molecule has 0 radical (unpaired) electrons. The van der Waals surface area contributed by atoms with Gasteiger partial charge in [0.15, 0.2) is 0 Å². The number of hydrogen-bond donors (Lipinski definition) is 2. The van der Waals surface area contributed by atoms with Gasteiger partial charge in [-0.1, -0.05) is 30.3 Å². The number of benzene rings is 2. The summed E-state index contributed by atoms with van der Waals surface area (Å²) in [7, 11) is 4.16. The van der Waals surface area contributed by atoms with Gasteiger partial charge in [0.2, 0.25) is 5.91 Å². The molecule has 0 aliphatic carbocycles. The molecule has 0 atom stereocenters. The van der Waals surface area contributed by atoms with Gasteiger partial charge in [0.1, 0.15) is 0 Å². The van der Waals surface area contributed by atoms with Crippen LogP contribution in [0, 0.1) is 0 Å². The number of carbonyl (C=O) groups is 1. The average Bonchev–Trinajstić information content (AvgIpc) is 2.59. The zero-order valence-electron chi connectivity index (χ0n) is 14.6. The van der Waals surface area contributed by atoms with Crippen molar-refractivity contribution in [2.75, 3.05) is 37.8 Å². The highest BCUT2D eigenvalue weighted by Gasteiger charge is 2.03. The summed E-state index contributed by atoms with van der Waals surface area (Å²) < 4.78 is 0. The monoisotopic (exact) mass is 325 g/mol. The summed E-state index contributed by atoms with van der Waals surface area (Å²) in [5.74, 6) is 0.0468. The Bertz CT molecular complexity index is 609. The van der Waals surface area contributed by atoms with E-state index in [-0.39, 0.29) is 5.91 Å². The van der Waals surface area contributed by atoms with E-state index in [0.717, 1.165) is 37.3 Å². The van der Waals surface area contributed by atoms with Gasteiger partial charge in [-0.25, -0.2) is 0 Å². The van der Waals surface area contributed by atoms with Gasteiger partial charge in [-0.3, -0.25) is 4.79 Å². The van der Waals surface area contributed by atoms with E-state index in [1.54, 1.807) is 0 Å². The summed E-state index contributed by atoms with van der Waals surface area (Å²) in [4.78, 5) is 14.2. The van der Waals surface area contributed by atoms with Crippen molar-refractivity contribution in [2.24, 2.45) is 0 Å². The molecular weight excluding hydrogens is 298 g/mol. The van der Waals surface area contributed by atoms with Crippen LogP contribution in [-0.2, 0) is 11.2 Å². The van der Waals surface area contributed by atoms with Crippen LogP contribution >= 0.6 is 0 Å². The van der Waals surface area contributed by atoms with Crippen LogP contribution in [0.25, 0.3) is 0 Å². The second kappa shape index (κ2) is 9.73. The van der Waals surface area contributed by atoms with Gasteiger partial charge < -0.3 is 15.5 Å². The van der Waals surface area contributed by atoms with E-state index in [0.29, 0.717) is 6.42 Å². The summed E-state index contributed by atoms with van der Waals surface area (Å²) in [6, 6.07) is 18.0. The summed E-state index contributed by atoms with van der Waals surface area (Å²) in [6.07, 6.45) is 2.36. The minimum atomic E-state index is 0.0468. The quantitative estimate of drug-likeness (QED) is 0.692. The van der Waals surface area contributed by atoms with E-state index < -0.39 is 0 Å². The van der Waals surface area contributed by atoms with E-state index in [1.165, 1.54) is 5.56 Å². The molecule has 0 bridgehead atoms. The number of hydrogen-bond acceptors (Lipinski definition) is 3. The first-order valence-corrected chi connectivity index (χ1v) is 8.46. The van der Waals surface area contributed by atoms with E-state index in [1.807, 2.05) is 54.6 Å². The van der Waals surface area contributed by atoms with Gasteiger partial charge >= 0.3 is 0 Å². The molecule has 0 aliphatic rings. The maximum atomic E-state index is 12.0. The highest BCUT2D eigenvalue weighted by atomic mass is 16.1. The molecule has 2 aromatic carbocycles. The normalized spacial score (nSPS) is 10.6. The Labute approximate surface area is 144 Å². The largest absolute Gasteiger partial charge is 0.385 e. The van der Waals surface area contributed by atoms with Crippen molar-refractivity contribution < 1.29 is 4.79 Å². The molecule has 4 heteroatoms. The molecule has 0 aromatic heterocycles. The van der Waals surface area contributed by atoms with Crippen molar-refractivity contribution in [3.8, 4) is 0 Å². The average molecular weight is 325 g/mol. The molecule has 0 spiro atoms. The van der Waals surface area contributed by atoms with Crippen molar-refractivity contribution in [1.29, 1.82) is 0 Å². The van der Waals surface area contributed by atoms with Gasteiger partial charge in [-0.2, -0.15) is 0 Å². The number of rotatable bonds is 9. The lowest BCUT2D eigenvalue weighted by Gasteiger charge is -2.11. The number of anilines is 2. The van der Waals surface area contributed by atoms with Crippen LogP contribution < -0.4 is 10.6 Å². The Hall–Kier alpha value is -2.33. The van der Waals surface area contributed by atoms with Crippen molar-refractivity contribution in [3.63, 3.8) is 0 Å². The van der Waals surface area contributed by atoms with Gasteiger partial charge in [-0.15, -0.1) is 0 Å². The third-order valence-electron chi connectivity index (χ3n) is 3.76. The Kier molecular flexibility index (Phi) is 7.30. The zero-order chi connectivity index (χ0) is 17.2. The standard InChI is InChI=1S/C20H27N3O/c1-23(2)16-6-15-21-18-10-12-19(13-11-18)22-20(24)14-9-17-7-4-3-5-8-17/h3-5,7-8,10-13,21H,6,9,14-16H2,1-2H3,(H,22,24). The molecule has 0 aliphatic heterocycles. The third kappa shape index (κ3) is 6.84. The molecule has 0 saturated heterocycles. The van der Waals surface area contributed by atoms with Crippen molar-refractivity contribution in [1.82, 2.24) is 4.90 Å². The summed E-state index contributed by atoms with van der Waals surface area (Å²) in [6.45, 7) is 2.02. The molecule has 4 nitrogen and oxygen atoms in total. The molecule has 24 heavy (non-hydrogen) atoms. The Balaban J connectivity index is 1.71. The van der Waals surface area contributed by atoms with Crippen LogP contribution in [0.1, 0.15) is 18.4 Å². The smallest absolute Gasteiger partial charge is 0.224 e. The molecule has 0 heterocycles. The topological polar surface area (TPSA) is 44.4 Å². The summed E-state index contributed by atoms with van der Waals surface area (Å²) in [5, 5.41) is 6.34. The maximum absolute atomic E-state index is 12.0.